The molecule has 1 aromatic heterocycles. The Morgan fingerprint density at radius 2 is 1.92 bits per heavy atom. The number of aromatic nitrogens is 2. The van der Waals surface area contributed by atoms with Gasteiger partial charge in [-0.1, -0.05) is 6.92 Å². The molecule has 7 heteroatoms. The number of nitrogens with one attached hydrogen (secondary N) is 3. The maximum atomic E-state index is 5.44. The third kappa shape index (κ3) is 5.66. The Balaban J connectivity index is 2.06. The summed E-state index contributed by atoms with van der Waals surface area (Å²) in [6, 6.07) is 9.61. The summed E-state index contributed by atoms with van der Waals surface area (Å²) in [6.45, 7) is 7.42. The minimum absolute atomic E-state index is 0.469. The van der Waals surface area contributed by atoms with Gasteiger partial charge in [0.05, 0.1) is 6.61 Å². The van der Waals surface area contributed by atoms with Gasteiger partial charge < -0.3 is 20.7 Å². The third-order valence-electron chi connectivity index (χ3n) is 3.05. The molecule has 0 saturated heterocycles. The number of benzene rings is 1. The van der Waals surface area contributed by atoms with Crippen LogP contribution in [0.5, 0.6) is 5.75 Å². The van der Waals surface area contributed by atoms with Gasteiger partial charge >= 0.3 is 0 Å². The molecule has 1 aromatic carbocycles. The van der Waals surface area contributed by atoms with Gasteiger partial charge in [0, 0.05) is 24.0 Å². The van der Waals surface area contributed by atoms with Crippen LogP contribution in [0, 0.1) is 6.92 Å². The lowest BCUT2D eigenvalue weighted by Crippen LogP contribution is -2.29. The van der Waals surface area contributed by atoms with Crippen LogP contribution in [0.3, 0.4) is 0 Å². The Morgan fingerprint density at radius 3 is 2.58 bits per heavy atom. The molecular formula is C17H23N5OS. The van der Waals surface area contributed by atoms with Crippen LogP contribution in [0.15, 0.2) is 30.3 Å². The van der Waals surface area contributed by atoms with Crippen LogP contribution in [-0.2, 0) is 0 Å². The fraction of sp³-hybridized carbons (Fsp3) is 0.353. The summed E-state index contributed by atoms with van der Waals surface area (Å²) >= 11 is 5.22. The highest BCUT2D eigenvalue weighted by Gasteiger charge is 2.05. The molecule has 2 aromatic rings. The quantitative estimate of drug-likeness (QED) is 0.662. The van der Waals surface area contributed by atoms with Gasteiger partial charge in [-0.3, -0.25) is 0 Å². The Morgan fingerprint density at radius 1 is 1.17 bits per heavy atom. The number of thiocarbonyl (C=S) groups is 1. The Hall–Kier alpha value is -2.41. The SMILES string of the molecule is CCCNC(=S)Nc1nc(C)cc(Nc2ccc(OCC)cc2)n1. The van der Waals surface area contributed by atoms with Gasteiger partial charge in [0.2, 0.25) is 5.95 Å². The maximum Gasteiger partial charge on any atom is 0.231 e. The zero-order valence-corrected chi connectivity index (χ0v) is 15.0. The molecule has 3 N–H and O–H groups in total. The molecule has 0 spiro atoms. The maximum absolute atomic E-state index is 5.44. The molecular weight excluding hydrogens is 322 g/mol. The topological polar surface area (TPSA) is 71.1 Å². The first-order valence-corrected chi connectivity index (χ1v) is 8.42. The summed E-state index contributed by atoms with van der Waals surface area (Å²) in [5.41, 5.74) is 1.77. The summed E-state index contributed by atoms with van der Waals surface area (Å²) in [5.74, 6) is 2.01. The van der Waals surface area contributed by atoms with E-state index in [1.54, 1.807) is 0 Å². The molecule has 0 unspecified atom stereocenters. The van der Waals surface area contributed by atoms with Gasteiger partial charge in [-0.25, -0.2) is 4.98 Å². The highest BCUT2D eigenvalue weighted by molar-refractivity contribution is 7.80. The zero-order chi connectivity index (χ0) is 17.4. The van der Waals surface area contributed by atoms with Gasteiger partial charge in [0.1, 0.15) is 11.6 Å². The molecule has 0 amide bonds. The van der Waals surface area contributed by atoms with Gasteiger partial charge in [0.15, 0.2) is 5.11 Å². The predicted octanol–water partition coefficient (Wildman–Crippen LogP) is 3.62. The lowest BCUT2D eigenvalue weighted by molar-refractivity contribution is 0.340. The van der Waals surface area contributed by atoms with Crippen molar-refractivity contribution in [1.82, 2.24) is 15.3 Å². The molecule has 0 aliphatic rings. The largest absolute Gasteiger partial charge is 0.494 e. The third-order valence-corrected chi connectivity index (χ3v) is 3.30. The lowest BCUT2D eigenvalue weighted by Gasteiger charge is -2.11. The summed E-state index contributed by atoms with van der Waals surface area (Å²) in [5, 5.41) is 9.88. The van der Waals surface area contributed by atoms with Crippen molar-refractivity contribution >= 4 is 34.8 Å². The van der Waals surface area contributed by atoms with Crippen molar-refractivity contribution in [2.75, 3.05) is 23.8 Å². The molecule has 0 aliphatic heterocycles. The Bertz CT molecular complexity index is 675. The molecule has 2 rings (SSSR count). The second-order valence-corrected chi connectivity index (χ2v) is 5.59. The molecule has 0 radical (unpaired) electrons. The summed E-state index contributed by atoms with van der Waals surface area (Å²) in [4.78, 5) is 8.80. The highest BCUT2D eigenvalue weighted by Crippen LogP contribution is 2.20. The molecule has 0 bridgehead atoms. The van der Waals surface area contributed by atoms with Crippen molar-refractivity contribution in [3.05, 3.63) is 36.0 Å². The number of hydrogen-bond acceptors (Lipinski definition) is 5. The molecule has 24 heavy (non-hydrogen) atoms. The molecule has 0 aliphatic carbocycles. The van der Waals surface area contributed by atoms with Crippen molar-refractivity contribution < 1.29 is 4.74 Å². The summed E-state index contributed by atoms with van der Waals surface area (Å²) in [7, 11) is 0. The first kappa shape index (κ1) is 17.9. The number of ether oxygens (including phenoxy) is 1. The smallest absolute Gasteiger partial charge is 0.231 e. The van der Waals surface area contributed by atoms with Crippen molar-refractivity contribution in [2.24, 2.45) is 0 Å². The monoisotopic (exact) mass is 345 g/mol. The van der Waals surface area contributed by atoms with E-state index in [1.807, 2.05) is 44.2 Å². The van der Waals surface area contributed by atoms with Crippen LogP contribution >= 0.6 is 12.2 Å². The predicted molar refractivity (Wildman–Crippen MR) is 102 cm³/mol. The van der Waals surface area contributed by atoms with E-state index < -0.39 is 0 Å². The summed E-state index contributed by atoms with van der Waals surface area (Å²) < 4.78 is 5.44. The van der Waals surface area contributed by atoms with Crippen molar-refractivity contribution in [3.63, 3.8) is 0 Å². The van der Waals surface area contributed by atoms with Crippen LogP contribution in [-0.4, -0.2) is 28.2 Å². The number of anilines is 3. The van der Waals surface area contributed by atoms with Crippen LogP contribution < -0.4 is 20.7 Å². The standard InChI is InChI=1S/C17H23N5OS/c1-4-10-18-17(24)22-16-19-12(3)11-15(21-16)20-13-6-8-14(9-7-13)23-5-2/h6-9,11H,4-5,10H2,1-3H3,(H3,18,19,20,21,22,24). The average Bonchev–Trinajstić information content (AvgIpc) is 2.54. The number of rotatable bonds is 7. The number of aryl methyl sites for hydroxylation is 1. The second-order valence-electron chi connectivity index (χ2n) is 5.18. The number of hydrogen-bond donors (Lipinski definition) is 3. The van der Waals surface area contributed by atoms with Crippen LogP contribution in [0.4, 0.5) is 17.5 Å². The van der Waals surface area contributed by atoms with E-state index in [9.17, 15) is 0 Å². The summed E-state index contributed by atoms with van der Waals surface area (Å²) in [6.07, 6.45) is 1.00. The Kier molecular flexibility index (Phi) is 6.74. The van der Waals surface area contributed by atoms with E-state index in [1.165, 1.54) is 0 Å². The number of nitrogens with zero attached hydrogens (tertiary/aromatic N) is 2. The average molecular weight is 345 g/mol. The van der Waals surface area contributed by atoms with Gasteiger partial charge in [-0.15, -0.1) is 0 Å². The first-order chi connectivity index (χ1) is 11.6. The lowest BCUT2D eigenvalue weighted by atomic mass is 10.3. The van der Waals surface area contributed by atoms with Gasteiger partial charge in [-0.2, -0.15) is 4.98 Å². The first-order valence-electron chi connectivity index (χ1n) is 8.01. The van der Waals surface area contributed by atoms with E-state index in [0.717, 1.165) is 30.1 Å². The van der Waals surface area contributed by atoms with Crippen LogP contribution in [0.2, 0.25) is 0 Å². The van der Waals surface area contributed by atoms with Gasteiger partial charge in [-0.05, 0) is 56.8 Å². The van der Waals surface area contributed by atoms with Crippen LogP contribution in [0.25, 0.3) is 0 Å². The van der Waals surface area contributed by atoms with Crippen molar-refractivity contribution in [1.29, 1.82) is 0 Å². The zero-order valence-electron chi connectivity index (χ0n) is 14.2. The van der Waals surface area contributed by atoms with E-state index in [0.29, 0.717) is 23.5 Å². The minimum Gasteiger partial charge on any atom is -0.494 e. The molecule has 1 heterocycles. The van der Waals surface area contributed by atoms with Gasteiger partial charge in [0.25, 0.3) is 0 Å². The second kappa shape index (κ2) is 9.02. The molecule has 6 nitrogen and oxygen atoms in total. The van der Waals surface area contributed by atoms with Crippen LogP contribution in [0.1, 0.15) is 26.0 Å². The van der Waals surface area contributed by atoms with E-state index >= 15 is 0 Å². The minimum atomic E-state index is 0.469. The fourth-order valence-corrected chi connectivity index (χ4v) is 2.22. The van der Waals surface area contributed by atoms with Crippen molar-refractivity contribution in [3.8, 4) is 5.75 Å². The molecule has 128 valence electrons. The fourth-order valence-electron chi connectivity index (χ4n) is 2.02. The molecule has 0 atom stereocenters. The van der Waals surface area contributed by atoms with E-state index in [4.69, 9.17) is 17.0 Å². The highest BCUT2D eigenvalue weighted by atomic mass is 32.1. The Labute approximate surface area is 148 Å². The van der Waals surface area contributed by atoms with E-state index in [2.05, 4.69) is 32.8 Å². The normalized spacial score (nSPS) is 10.1. The van der Waals surface area contributed by atoms with Crippen molar-refractivity contribution in [2.45, 2.75) is 27.2 Å². The molecule has 0 saturated carbocycles. The molecule has 0 fully saturated rings. The van der Waals surface area contributed by atoms with E-state index in [-0.39, 0.29) is 0 Å².